The molecule has 1 rings (SSSR count). The van der Waals surface area contributed by atoms with Crippen molar-refractivity contribution in [3.05, 3.63) is 0 Å². The van der Waals surface area contributed by atoms with E-state index in [2.05, 4.69) is 37.9 Å². The summed E-state index contributed by atoms with van der Waals surface area (Å²) in [7, 11) is 0. The van der Waals surface area contributed by atoms with Gasteiger partial charge < -0.3 is 15.3 Å². The Hall–Kier alpha value is -0.120. The van der Waals surface area contributed by atoms with Crippen LogP contribution in [0.1, 0.15) is 47.0 Å². The van der Waals surface area contributed by atoms with Gasteiger partial charge in [0.05, 0.1) is 6.61 Å². The first kappa shape index (κ1) is 14.9. The summed E-state index contributed by atoms with van der Waals surface area (Å²) in [4.78, 5) is 2.61. The summed E-state index contributed by atoms with van der Waals surface area (Å²) in [6.07, 6.45) is 3.70. The van der Waals surface area contributed by atoms with Gasteiger partial charge in [0.1, 0.15) is 0 Å². The highest BCUT2D eigenvalue weighted by Gasteiger charge is 2.29. The van der Waals surface area contributed by atoms with Crippen LogP contribution >= 0.6 is 0 Å². The normalized spacial score (nSPS) is 25.4. The van der Waals surface area contributed by atoms with Gasteiger partial charge >= 0.3 is 0 Å². The fourth-order valence-electron chi connectivity index (χ4n) is 2.93. The molecule has 2 atom stereocenters. The van der Waals surface area contributed by atoms with Crippen LogP contribution < -0.4 is 5.32 Å². The highest BCUT2D eigenvalue weighted by Crippen LogP contribution is 2.24. The van der Waals surface area contributed by atoms with Crippen molar-refractivity contribution >= 4 is 0 Å². The molecule has 0 aromatic carbocycles. The molecule has 1 saturated heterocycles. The number of likely N-dealkylation sites (N-methyl/N-ethyl adjacent to an activating group) is 1. The summed E-state index contributed by atoms with van der Waals surface area (Å²) in [6.45, 7) is 12.3. The van der Waals surface area contributed by atoms with Gasteiger partial charge in [-0.2, -0.15) is 0 Å². The molecular weight excluding hydrogens is 212 g/mol. The van der Waals surface area contributed by atoms with Crippen LogP contribution in [0.3, 0.4) is 0 Å². The van der Waals surface area contributed by atoms with Crippen molar-refractivity contribution in [1.29, 1.82) is 0 Å². The Morgan fingerprint density at radius 3 is 2.71 bits per heavy atom. The van der Waals surface area contributed by atoms with E-state index >= 15 is 0 Å². The molecule has 3 nitrogen and oxygen atoms in total. The standard InChI is InChI=1S/C14H30N2O/c1-5-15-14(4,11-17)8-10-16-9-6-7-13(16)12(2)3/h12-13,15,17H,5-11H2,1-4H3. The minimum atomic E-state index is -0.112. The predicted octanol–water partition coefficient (Wildman–Crippen LogP) is 1.86. The summed E-state index contributed by atoms with van der Waals surface area (Å²) >= 11 is 0. The van der Waals surface area contributed by atoms with Crippen molar-refractivity contribution in [3.8, 4) is 0 Å². The zero-order chi connectivity index (χ0) is 12.9. The minimum Gasteiger partial charge on any atom is -0.394 e. The van der Waals surface area contributed by atoms with Gasteiger partial charge in [-0.25, -0.2) is 0 Å². The topological polar surface area (TPSA) is 35.5 Å². The number of aliphatic hydroxyl groups excluding tert-OH is 1. The average Bonchev–Trinajstić information content (AvgIpc) is 2.75. The molecule has 0 saturated carbocycles. The second-order valence-corrected chi connectivity index (χ2v) is 5.99. The molecule has 0 aromatic heterocycles. The van der Waals surface area contributed by atoms with Crippen LogP contribution in [0.5, 0.6) is 0 Å². The summed E-state index contributed by atoms with van der Waals surface area (Å²) < 4.78 is 0. The zero-order valence-corrected chi connectivity index (χ0v) is 12.0. The second-order valence-electron chi connectivity index (χ2n) is 5.99. The fraction of sp³-hybridized carbons (Fsp3) is 1.00. The molecule has 1 aliphatic heterocycles. The van der Waals surface area contributed by atoms with Gasteiger partial charge in [-0.3, -0.25) is 0 Å². The van der Waals surface area contributed by atoms with E-state index in [4.69, 9.17) is 0 Å². The molecule has 1 fully saturated rings. The van der Waals surface area contributed by atoms with Crippen LogP contribution in [0.4, 0.5) is 0 Å². The van der Waals surface area contributed by atoms with Gasteiger partial charge in [-0.05, 0) is 45.2 Å². The molecular formula is C14H30N2O. The number of nitrogens with zero attached hydrogens (tertiary/aromatic N) is 1. The first-order valence-electron chi connectivity index (χ1n) is 7.12. The third kappa shape index (κ3) is 4.23. The molecule has 17 heavy (non-hydrogen) atoms. The maximum atomic E-state index is 9.48. The van der Waals surface area contributed by atoms with Crippen LogP contribution in [0.25, 0.3) is 0 Å². The molecule has 102 valence electrons. The Labute approximate surface area is 107 Å². The van der Waals surface area contributed by atoms with Crippen LogP contribution in [0.15, 0.2) is 0 Å². The van der Waals surface area contributed by atoms with E-state index in [1.807, 2.05) is 0 Å². The van der Waals surface area contributed by atoms with Crippen molar-refractivity contribution in [2.75, 3.05) is 26.2 Å². The van der Waals surface area contributed by atoms with Crippen molar-refractivity contribution in [1.82, 2.24) is 10.2 Å². The quantitative estimate of drug-likeness (QED) is 0.715. The highest BCUT2D eigenvalue weighted by molar-refractivity contribution is 4.87. The molecule has 3 heteroatoms. The molecule has 1 aliphatic rings. The Morgan fingerprint density at radius 2 is 2.18 bits per heavy atom. The second kappa shape index (κ2) is 6.72. The zero-order valence-electron chi connectivity index (χ0n) is 12.0. The lowest BCUT2D eigenvalue weighted by Gasteiger charge is -2.33. The molecule has 0 aliphatic carbocycles. The van der Waals surface area contributed by atoms with E-state index < -0.39 is 0 Å². The Balaban J connectivity index is 2.43. The number of nitrogens with one attached hydrogen (secondary N) is 1. The predicted molar refractivity (Wildman–Crippen MR) is 73.2 cm³/mol. The number of hydrogen-bond donors (Lipinski definition) is 2. The maximum Gasteiger partial charge on any atom is 0.0611 e. The number of rotatable bonds is 7. The van der Waals surface area contributed by atoms with Crippen LogP contribution in [0, 0.1) is 5.92 Å². The summed E-state index contributed by atoms with van der Waals surface area (Å²) in [5.41, 5.74) is -0.112. The number of hydrogen-bond acceptors (Lipinski definition) is 3. The molecule has 0 spiro atoms. The Kier molecular flexibility index (Phi) is 5.90. The lowest BCUT2D eigenvalue weighted by molar-refractivity contribution is 0.133. The maximum absolute atomic E-state index is 9.48. The minimum absolute atomic E-state index is 0.112. The van der Waals surface area contributed by atoms with Crippen molar-refractivity contribution in [3.63, 3.8) is 0 Å². The van der Waals surface area contributed by atoms with Gasteiger partial charge in [-0.15, -0.1) is 0 Å². The van der Waals surface area contributed by atoms with Gasteiger partial charge in [0, 0.05) is 18.1 Å². The van der Waals surface area contributed by atoms with Crippen molar-refractivity contribution in [2.45, 2.75) is 58.5 Å². The molecule has 1 heterocycles. The Bertz CT molecular complexity index is 220. The lowest BCUT2D eigenvalue weighted by Crippen LogP contribution is -2.48. The van der Waals surface area contributed by atoms with E-state index in [-0.39, 0.29) is 12.1 Å². The monoisotopic (exact) mass is 242 g/mol. The molecule has 0 radical (unpaired) electrons. The molecule has 2 N–H and O–H groups in total. The largest absolute Gasteiger partial charge is 0.394 e. The molecule has 0 aromatic rings. The van der Waals surface area contributed by atoms with Gasteiger partial charge in [0.25, 0.3) is 0 Å². The van der Waals surface area contributed by atoms with Crippen LogP contribution in [0.2, 0.25) is 0 Å². The first-order chi connectivity index (χ1) is 8.02. The smallest absolute Gasteiger partial charge is 0.0611 e. The summed E-state index contributed by atoms with van der Waals surface area (Å²) in [5.74, 6) is 0.747. The van der Waals surface area contributed by atoms with Gasteiger partial charge in [-0.1, -0.05) is 20.8 Å². The van der Waals surface area contributed by atoms with Gasteiger partial charge in [0.2, 0.25) is 0 Å². The highest BCUT2D eigenvalue weighted by atomic mass is 16.3. The molecule has 2 unspecified atom stereocenters. The third-order valence-electron chi connectivity index (χ3n) is 4.09. The van der Waals surface area contributed by atoms with E-state index in [9.17, 15) is 5.11 Å². The van der Waals surface area contributed by atoms with Crippen molar-refractivity contribution < 1.29 is 5.11 Å². The van der Waals surface area contributed by atoms with Crippen molar-refractivity contribution in [2.24, 2.45) is 5.92 Å². The first-order valence-corrected chi connectivity index (χ1v) is 7.12. The third-order valence-corrected chi connectivity index (χ3v) is 4.09. The van der Waals surface area contributed by atoms with Crippen LogP contribution in [-0.2, 0) is 0 Å². The molecule has 0 bridgehead atoms. The SMILES string of the molecule is CCNC(C)(CO)CCN1CCCC1C(C)C. The van der Waals surface area contributed by atoms with Gasteiger partial charge in [0.15, 0.2) is 0 Å². The van der Waals surface area contributed by atoms with Crippen LogP contribution in [-0.4, -0.2) is 47.8 Å². The van der Waals surface area contributed by atoms with E-state index in [1.54, 1.807) is 0 Å². The fourth-order valence-corrected chi connectivity index (χ4v) is 2.93. The molecule has 0 amide bonds. The summed E-state index contributed by atoms with van der Waals surface area (Å²) in [6, 6.07) is 0.750. The summed E-state index contributed by atoms with van der Waals surface area (Å²) in [5, 5.41) is 12.9. The number of aliphatic hydroxyl groups is 1. The van der Waals surface area contributed by atoms with E-state index in [0.29, 0.717) is 0 Å². The van der Waals surface area contributed by atoms with E-state index in [1.165, 1.54) is 19.4 Å². The lowest BCUT2D eigenvalue weighted by atomic mass is 9.97. The number of likely N-dealkylation sites (tertiary alicyclic amines) is 1. The van der Waals surface area contributed by atoms with E-state index in [0.717, 1.165) is 31.5 Å². The average molecular weight is 242 g/mol. The Morgan fingerprint density at radius 1 is 1.47 bits per heavy atom.